The Morgan fingerprint density at radius 1 is 1.15 bits per heavy atom. The lowest BCUT2D eigenvalue weighted by Crippen LogP contribution is -2.44. The molecule has 1 aromatic carbocycles. The van der Waals surface area contributed by atoms with Gasteiger partial charge in [-0.05, 0) is 31.5 Å². The lowest BCUT2D eigenvalue weighted by atomic mass is 10.1. The van der Waals surface area contributed by atoms with Crippen molar-refractivity contribution in [2.75, 3.05) is 27.3 Å². The summed E-state index contributed by atoms with van der Waals surface area (Å²) in [6.45, 7) is 7.01. The number of benzene rings is 1. The highest BCUT2D eigenvalue weighted by Gasteiger charge is 2.23. The predicted molar refractivity (Wildman–Crippen MR) is 82.5 cm³/mol. The first-order valence-corrected chi connectivity index (χ1v) is 7.61. The van der Waals surface area contributed by atoms with Gasteiger partial charge in [-0.25, -0.2) is 0 Å². The molecule has 2 unspecified atom stereocenters. The third kappa shape index (κ3) is 3.65. The Morgan fingerprint density at radius 2 is 1.70 bits per heavy atom. The standard InChI is InChI=1S/C15H22BrNO3/c1-10-7-17(8-11(2)20-10)9-12-5-14(18-3)15(19-4)6-13(12)16/h5-6,10-11H,7-9H2,1-4H3. The van der Waals surface area contributed by atoms with Crippen LogP contribution in [-0.2, 0) is 11.3 Å². The zero-order valence-corrected chi connectivity index (χ0v) is 14.1. The van der Waals surface area contributed by atoms with Gasteiger partial charge in [0.15, 0.2) is 11.5 Å². The van der Waals surface area contributed by atoms with Crippen LogP contribution >= 0.6 is 15.9 Å². The maximum Gasteiger partial charge on any atom is 0.161 e. The van der Waals surface area contributed by atoms with E-state index in [1.165, 1.54) is 5.56 Å². The molecule has 1 aliphatic heterocycles. The molecule has 0 amide bonds. The lowest BCUT2D eigenvalue weighted by molar-refractivity contribution is -0.0705. The number of morpholine rings is 1. The first-order valence-electron chi connectivity index (χ1n) is 6.81. The molecule has 2 atom stereocenters. The van der Waals surface area contributed by atoms with Crippen LogP contribution < -0.4 is 9.47 Å². The van der Waals surface area contributed by atoms with Gasteiger partial charge in [0.1, 0.15) is 0 Å². The van der Waals surface area contributed by atoms with E-state index < -0.39 is 0 Å². The fourth-order valence-electron chi connectivity index (χ4n) is 2.67. The van der Waals surface area contributed by atoms with Gasteiger partial charge in [-0.2, -0.15) is 0 Å². The molecule has 20 heavy (non-hydrogen) atoms. The molecule has 0 aliphatic carbocycles. The number of halogens is 1. The molecule has 1 aromatic rings. The predicted octanol–water partition coefficient (Wildman–Crippen LogP) is 3.08. The number of ether oxygens (including phenoxy) is 3. The first kappa shape index (κ1) is 15.6. The number of hydrogen-bond acceptors (Lipinski definition) is 4. The molecule has 0 bridgehead atoms. The molecule has 1 heterocycles. The molecule has 1 saturated heterocycles. The summed E-state index contributed by atoms with van der Waals surface area (Å²) < 4.78 is 17.5. The van der Waals surface area contributed by atoms with Crippen molar-refractivity contribution in [1.29, 1.82) is 0 Å². The van der Waals surface area contributed by atoms with E-state index >= 15 is 0 Å². The van der Waals surface area contributed by atoms with Crippen LogP contribution in [0.1, 0.15) is 19.4 Å². The smallest absolute Gasteiger partial charge is 0.161 e. The Morgan fingerprint density at radius 3 is 2.25 bits per heavy atom. The normalized spacial score (nSPS) is 23.6. The molecule has 1 fully saturated rings. The first-order chi connectivity index (χ1) is 9.53. The van der Waals surface area contributed by atoms with E-state index in [9.17, 15) is 0 Å². The molecule has 0 radical (unpaired) electrons. The van der Waals surface area contributed by atoms with Crippen molar-refractivity contribution in [2.24, 2.45) is 0 Å². The second-order valence-corrected chi connectivity index (χ2v) is 6.10. The van der Waals surface area contributed by atoms with Crippen molar-refractivity contribution in [3.05, 3.63) is 22.2 Å². The van der Waals surface area contributed by atoms with E-state index in [2.05, 4.69) is 34.7 Å². The monoisotopic (exact) mass is 343 g/mol. The number of hydrogen-bond donors (Lipinski definition) is 0. The van der Waals surface area contributed by atoms with E-state index in [1.807, 2.05) is 12.1 Å². The third-order valence-electron chi connectivity index (χ3n) is 3.44. The summed E-state index contributed by atoms with van der Waals surface area (Å²) in [5, 5.41) is 0. The molecular formula is C15H22BrNO3. The maximum atomic E-state index is 5.77. The summed E-state index contributed by atoms with van der Waals surface area (Å²) in [6.07, 6.45) is 0.551. The van der Waals surface area contributed by atoms with Gasteiger partial charge in [0.25, 0.3) is 0 Å². The van der Waals surface area contributed by atoms with Crippen LogP contribution in [0.2, 0.25) is 0 Å². The molecule has 5 heteroatoms. The van der Waals surface area contributed by atoms with Crippen LogP contribution in [0.5, 0.6) is 11.5 Å². The highest BCUT2D eigenvalue weighted by Crippen LogP contribution is 2.34. The Kier molecular flexibility index (Phi) is 5.29. The zero-order chi connectivity index (χ0) is 14.7. The van der Waals surface area contributed by atoms with Crippen molar-refractivity contribution in [2.45, 2.75) is 32.6 Å². The van der Waals surface area contributed by atoms with Crippen LogP contribution in [0.3, 0.4) is 0 Å². The van der Waals surface area contributed by atoms with Crippen molar-refractivity contribution in [3.8, 4) is 11.5 Å². The molecule has 2 rings (SSSR count). The van der Waals surface area contributed by atoms with Gasteiger partial charge in [-0.15, -0.1) is 0 Å². The van der Waals surface area contributed by atoms with Gasteiger partial charge in [0.05, 0.1) is 26.4 Å². The highest BCUT2D eigenvalue weighted by molar-refractivity contribution is 9.10. The van der Waals surface area contributed by atoms with Crippen molar-refractivity contribution < 1.29 is 14.2 Å². The fourth-order valence-corrected chi connectivity index (χ4v) is 3.12. The van der Waals surface area contributed by atoms with Gasteiger partial charge in [-0.3, -0.25) is 4.90 Å². The number of rotatable bonds is 4. The maximum absolute atomic E-state index is 5.77. The van der Waals surface area contributed by atoms with Crippen molar-refractivity contribution in [1.82, 2.24) is 4.90 Å². The van der Waals surface area contributed by atoms with Crippen LogP contribution in [0.15, 0.2) is 16.6 Å². The van der Waals surface area contributed by atoms with Gasteiger partial charge in [-0.1, -0.05) is 15.9 Å². The number of nitrogens with zero attached hydrogens (tertiary/aromatic N) is 1. The highest BCUT2D eigenvalue weighted by atomic mass is 79.9. The topological polar surface area (TPSA) is 30.9 Å². The summed E-state index contributed by atoms with van der Waals surface area (Å²) in [7, 11) is 3.31. The minimum Gasteiger partial charge on any atom is -0.493 e. The quantitative estimate of drug-likeness (QED) is 0.840. The van der Waals surface area contributed by atoms with Crippen LogP contribution in [0, 0.1) is 0 Å². The molecule has 0 N–H and O–H groups in total. The largest absolute Gasteiger partial charge is 0.493 e. The van der Waals surface area contributed by atoms with Crippen molar-refractivity contribution in [3.63, 3.8) is 0 Å². The van der Waals surface area contributed by atoms with Gasteiger partial charge in [0.2, 0.25) is 0 Å². The Balaban J connectivity index is 2.16. The fraction of sp³-hybridized carbons (Fsp3) is 0.600. The van der Waals surface area contributed by atoms with E-state index in [-0.39, 0.29) is 12.2 Å². The molecule has 4 nitrogen and oxygen atoms in total. The minimum absolute atomic E-state index is 0.276. The molecule has 0 saturated carbocycles. The van der Waals surface area contributed by atoms with Crippen molar-refractivity contribution >= 4 is 15.9 Å². The van der Waals surface area contributed by atoms with E-state index in [4.69, 9.17) is 14.2 Å². The second kappa shape index (κ2) is 6.78. The Labute approximate surface area is 129 Å². The minimum atomic E-state index is 0.276. The van der Waals surface area contributed by atoms with E-state index in [0.29, 0.717) is 0 Å². The molecule has 0 aromatic heterocycles. The van der Waals surface area contributed by atoms with Gasteiger partial charge in [0, 0.05) is 24.1 Å². The molecule has 112 valence electrons. The lowest BCUT2D eigenvalue weighted by Gasteiger charge is -2.35. The van der Waals surface area contributed by atoms with E-state index in [0.717, 1.165) is 35.6 Å². The average molecular weight is 344 g/mol. The molecule has 0 spiro atoms. The zero-order valence-electron chi connectivity index (χ0n) is 12.5. The summed E-state index contributed by atoms with van der Waals surface area (Å²) in [4.78, 5) is 2.41. The summed E-state index contributed by atoms with van der Waals surface area (Å²) in [6, 6.07) is 4.00. The molecular weight excluding hydrogens is 322 g/mol. The number of methoxy groups -OCH3 is 2. The summed E-state index contributed by atoms with van der Waals surface area (Å²) >= 11 is 3.61. The molecule has 1 aliphatic rings. The second-order valence-electron chi connectivity index (χ2n) is 5.25. The van der Waals surface area contributed by atoms with Crippen LogP contribution in [0.25, 0.3) is 0 Å². The van der Waals surface area contributed by atoms with Crippen LogP contribution in [0.4, 0.5) is 0 Å². The summed E-state index contributed by atoms with van der Waals surface area (Å²) in [5.41, 5.74) is 1.20. The Hall–Kier alpha value is -0.780. The Bertz CT molecular complexity index is 457. The third-order valence-corrected chi connectivity index (χ3v) is 4.18. The van der Waals surface area contributed by atoms with Crippen LogP contribution in [-0.4, -0.2) is 44.4 Å². The van der Waals surface area contributed by atoms with Gasteiger partial charge >= 0.3 is 0 Å². The van der Waals surface area contributed by atoms with Gasteiger partial charge < -0.3 is 14.2 Å². The SMILES string of the molecule is COc1cc(Br)c(CN2CC(C)OC(C)C2)cc1OC. The average Bonchev–Trinajstić information content (AvgIpc) is 2.39. The summed E-state index contributed by atoms with van der Waals surface area (Å²) in [5.74, 6) is 1.51. The van der Waals surface area contributed by atoms with E-state index in [1.54, 1.807) is 14.2 Å².